The molecule has 0 saturated carbocycles. The van der Waals surface area contributed by atoms with Crippen molar-refractivity contribution in [1.82, 2.24) is 5.32 Å². The molecule has 0 bridgehead atoms. The van der Waals surface area contributed by atoms with Crippen LogP contribution in [0.25, 0.3) is 0 Å². The molecule has 5 heteroatoms. The number of esters is 1. The lowest BCUT2D eigenvalue weighted by molar-refractivity contribution is -0.138. The summed E-state index contributed by atoms with van der Waals surface area (Å²) in [6.07, 6.45) is -0.782. The zero-order chi connectivity index (χ0) is 10.9. The molecular formula is C9H13NO4. The van der Waals surface area contributed by atoms with Gasteiger partial charge >= 0.3 is 12.1 Å². The fourth-order valence-electron chi connectivity index (χ4n) is 1.02. The highest BCUT2D eigenvalue weighted by molar-refractivity contribution is 5.99. The van der Waals surface area contributed by atoms with Gasteiger partial charge in [-0.15, -0.1) is 0 Å². The van der Waals surface area contributed by atoms with Crippen LogP contribution in [-0.2, 0) is 14.3 Å². The third kappa shape index (κ3) is 2.31. The number of hydrogen-bond acceptors (Lipinski definition) is 4. The molecule has 0 aliphatic carbocycles. The van der Waals surface area contributed by atoms with Crippen LogP contribution in [0, 0.1) is 5.41 Å². The number of rotatable bonds is 2. The van der Waals surface area contributed by atoms with Crippen LogP contribution >= 0.6 is 0 Å². The molecule has 1 aliphatic rings. The Morgan fingerprint density at radius 3 is 2.36 bits per heavy atom. The molecule has 1 fully saturated rings. The smallest absolute Gasteiger partial charge is 0.375 e. The molecule has 1 rings (SSSR count). The van der Waals surface area contributed by atoms with Crippen LogP contribution in [0.3, 0.4) is 0 Å². The number of nitrogens with one attached hydrogen (secondary N) is 1. The van der Waals surface area contributed by atoms with E-state index in [0.717, 1.165) is 0 Å². The van der Waals surface area contributed by atoms with Gasteiger partial charge in [-0.2, -0.15) is 0 Å². The molecule has 0 aromatic carbocycles. The predicted molar refractivity (Wildman–Crippen MR) is 47.5 cm³/mol. The van der Waals surface area contributed by atoms with Crippen molar-refractivity contribution in [1.29, 1.82) is 0 Å². The number of Topliss-reactive ketones (excluding diaryl/α,β-unsaturated/α-hetero) is 1. The van der Waals surface area contributed by atoms with Gasteiger partial charge in [0.25, 0.3) is 0 Å². The number of carbonyl (C=O) groups is 3. The maximum atomic E-state index is 11.5. The maximum absolute atomic E-state index is 11.5. The normalized spacial score (nSPS) is 21.8. The third-order valence-electron chi connectivity index (χ3n) is 2.00. The predicted octanol–water partition coefficient (Wildman–Crippen LogP) is 0.627. The summed E-state index contributed by atoms with van der Waals surface area (Å²) < 4.78 is 4.25. The Morgan fingerprint density at radius 1 is 1.43 bits per heavy atom. The molecule has 0 unspecified atom stereocenters. The van der Waals surface area contributed by atoms with E-state index in [-0.39, 0.29) is 12.2 Å². The molecule has 1 N–H and O–H groups in total. The van der Waals surface area contributed by atoms with Crippen LogP contribution in [0.15, 0.2) is 0 Å². The van der Waals surface area contributed by atoms with E-state index in [1.54, 1.807) is 20.8 Å². The largest absolute Gasteiger partial charge is 0.415 e. The highest BCUT2D eigenvalue weighted by atomic mass is 16.6. The molecule has 14 heavy (non-hydrogen) atoms. The number of cyclic esters (lactones) is 2. The molecule has 78 valence electrons. The standard InChI is InChI=1S/C9H13NO4/c1-9(2,3)6(11)4-5-7(12)14-8(13)10-5/h5H,4H2,1-3H3,(H,10,13)/t5-/m0/s1. The molecule has 0 spiro atoms. The van der Waals surface area contributed by atoms with E-state index in [4.69, 9.17) is 0 Å². The van der Waals surface area contributed by atoms with E-state index in [1.165, 1.54) is 0 Å². The molecule has 0 radical (unpaired) electrons. The Labute approximate surface area is 81.8 Å². The van der Waals surface area contributed by atoms with Crippen molar-refractivity contribution >= 4 is 17.8 Å². The lowest BCUT2D eigenvalue weighted by Crippen LogP contribution is -2.34. The molecule has 0 aromatic rings. The van der Waals surface area contributed by atoms with Crippen molar-refractivity contribution in [3.63, 3.8) is 0 Å². The van der Waals surface area contributed by atoms with Crippen molar-refractivity contribution in [2.75, 3.05) is 0 Å². The molecule has 1 amide bonds. The van der Waals surface area contributed by atoms with E-state index < -0.39 is 23.5 Å². The minimum absolute atomic E-state index is 0.00588. The summed E-state index contributed by atoms with van der Waals surface area (Å²) >= 11 is 0. The molecular weight excluding hydrogens is 186 g/mol. The summed E-state index contributed by atoms with van der Waals surface area (Å²) in [4.78, 5) is 33.1. The van der Waals surface area contributed by atoms with Gasteiger partial charge in [-0.05, 0) is 0 Å². The topological polar surface area (TPSA) is 72.5 Å². The summed E-state index contributed by atoms with van der Waals surface area (Å²) in [5.74, 6) is -0.755. The Bertz CT molecular complexity index is 290. The number of amides is 1. The highest BCUT2D eigenvalue weighted by Gasteiger charge is 2.36. The molecule has 1 saturated heterocycles. The van der Waals surface area contributed by atoms with Gasteiger partial charge in [-0.3, -0.25) is 4.79 Å². The first-order valence-electron chi connectivity index (χ1n) is 4.36. The van der Waals surface area contributed by atoms with Gasteiger partial charge in [0.15, 0.2) is 0 Å². The van der Waals surface area contributed by atoms with Crippen molar-refractivity contribution in [2.45, 2.75) is 33.2 Å². The average Bonchev–Trinajstić information content (AvgIpc) is 2.28. The summed E-state index contributed by atoms with van der Waals surface area (Å²) in [5.41, 5.74) is -0.506. The SMILES string of the molecule is CC(C)(C)C(=O)C[C@@H]1NC(=O)OC1=O. The van der Waals surface area contributed by atoms with E-state index in [2.05, 4.69) is 10.1 Å². The first kappa shape index (κ1) is 10.7. The van der Waals surface area contributed by atoms with Gasteiger partial charge in [-0.25, -0.2) is 9.59 Å². The second-order valence-electron chi connectivity index (χ2n) is 4.28. The van der Waals surface area contributed by atoms with Crippen molar-refractivity contribution in [3.8, 4) is 0 Å². The van der Waals surface area contributed by atoms with Gasteiger partial charge in [0.05, 0.1) is 0 Å². The van der Waals surface area contributed by atoms with Crippen LogP contribution in [0.5, 0.6) is 0 Å². The minimum Gasteiger partial charge on any atom is -0.375 e. The minimum atomic E-state index is -0.811. The van der Waals surface area contributed by atoms with E-state index in [0.29, 0.717) is 0 Å². The Balaban J connectivity index is 2.58. The fraction of sp³-hybridized carbons (Fsp3) is 0.667. The molecule has 1 heterocycles. The third-order valence-corrected chi connectivity index (χ3v) is 2.00. The van der Waals surface area contributed by atoms with Crippen molar-refractivity contribution < 1.29 is 19.1 Å². The fourth-order valence-corrected chi connectivity index (χ4v) is 1.02. The van der Waals surface area contributed by atoms with Crippen LogP contribution < -0.4 is 5.32 Å². The van der Waals surface area contributed by atoms with Gasteiger partial charge in [0.1, 0.15) is 11.8 Å². The molecule has 5 nitrogen and oxygen atoms in total. The lowest BCUT2D eigenvalue weighted by atomic mass is 9.87. The quantitative estimate of drug-likeness (QED) is 0.523. The number of ether oxygens (including phenoxy) is 1. The second kappa shape index (κ2) is 3.40. The maximum Gasteiger partial charge on any atom is 0.415 e. The van der Waals surface area contributed by atoms with Gasteiger partial charge in [0, 0.05) is 11.8 Å². The van der Waals surface area contributed by atoms with Crippen LogP contribution in [0.2, 0.25) is 0 Å². The van der Waals surface area contributed by atoms with E-state index in [1.807, 2.05) is 0 Å². The molecule has 1 aliphatic heterocycles. The monoisotopic (exact) mass is 199 g/mol. The number of hydrogen-bond donors (Lipinski definition) is 1. The first-order chi connectivity index (χ1) is 6.30. The summed E-state index contributed by atoms with van der Waals surface area (Å²) in [5, 5.41) is 2.28. The average molecular weight is 199 g/mol. The van der Waals surface area contributed by atoms with Crippen molar-refractivity contribution in [2.24, 2.45) is 5.41 Å². The first-order valence-corrected chi connectivity index (χ1v) is 4.36. The summed E-state index contributed by atoms with van der Waals surface area (Å²) in [6.45, 7) is 5.28. The summed E-state index contributed by atoms with van der Waals surface area (Å²) in [7, 11) is 0. The molecule has 0 aromatic heterocycles. The Morgan fingerprint density at radius 2 is 2.00 bits per heavy atom. The van der Waals surface area contributed by atoms with E-state index in [9.17, 15) is 14.4 Å². The number of ketones is 1. The second-order valence-corrected chi connectivity index (χ2v) is 4.28. The van der Waals surface area contributed by atoms with Gasteiger partial charge < -0.3 is 10.1 Å². The van der Waals surface area contributed by atoms with Gasteiger partial charge in [-0.1, -0.05) is 20.8 Å². The lowest BCUT2D eigenvalue weighted by Gasteiger charge is -2.17. The van der Waals surface area contributed by atoms with Crippen LogP contribution in [0.4, 0.5) is 4.79 Å². The summed E-state index contributed by atoms with van der Waals surface area (Å²) in [6, 6.07) is -0.811. The highest BCUT2D eigenvalue weighted by Crippen LogP contribution is 2.19. The Kier molecular flexibility index (Phi) is 2.59. The molecule has 1 atom stereocenters. The zero-order valence-corrected chi connectivity index (χ0v) is 8.42. The Hall–Kier alpha value is -1.39. The van der Waals surface area contributed by atoms with E-state index >= 15 is 0 Å². The van der Waals surface area contributed by atoms with Crippen LogP contribution in [0.1, 0.15) is 27.2 Å². The zero-order valence-electron chi connectivity index (χ0n) is 8.42. The van der Waals surface area contributed by atoms with Gasteiger partial charge in [0.2, 0.25) is 0 Å². The number of carbonyl (C=O) groups excluding carboxylic acids is 3. The van der Waals surface area contributed by atoms with Crippen LogP contribution in [-0.4, -0.2) is 23.9 Å². The van der Waals surface area contributed by atoms with Crippen molar-refractivity contribution in [3.05, 3.63) is 0 Å². The number of alkyl carbamates (subject to hydrolysis) is 1.